The summed E-state index contributed by atoms with van der Waals surface area (Å²) in [6.45, 7) is -0.0139. The van der Waals surface area contributed by atoms with Crippen molar-refractivity contribution in [3.05, 3.63) is 67.6 Å². The van der Waals surface area contributed by atoms with Crippen molar-refractivity contribution in [2.24, 2.45) is 0 Å². The molecule has 0 fully saturated rings. The van der Waals surface area contributed by atoms with E-state index in [0.29, 0.717) is 5.88 Å². The van der Waals surface area contributed by atoms with Crippen molar-refractivity contribution >= 4 is 55.9 Å². The molecule has 0 atom stereocenters. The first-order chi connectivity index (χ1) is 10.5. The Hall–Kier alpha value is -0.140. The molecular formula is C16H18Br2Cl2O3. The van der Waals surface area contributed by atoms with Crippen molar-refractivity contribution in [3.63, 3.8) is 0 Å². The van der Waals surface area contributed by atoms with Crippen LogP contribution in [0.3, 0.4) is 0 Å². The minimum Gasteiger partial charge on any atom is -0.392 e. The summed E-state index contributed by atoms with van der Waals surface area (Å²) in [5.41, 5.74) is 3.41. The first-order valence-electron chi connectivity index (χ1n) is 6.48. The Bertz CT molecular complexity index is 556. The number of rotatable bonds is 4. The van der Waals surface area contributed by atoms with E-state index >= 15 is 0 Å². The Morgan fingerprint density at radius 1 is 0.696 bits per heavy atom. The number of alkyl halides is 1. The van der Waals surface area contributed by atoms with Gasteiger partial charge in [-0.15, -0.1) is 24.0 Å². The van der Waals surface area contributed by atoms with Crippen LogP contribution in [0, 0.1) is 0 Å². The molecule has 0 saturated carbocycles. The molecule has 2 rings (SSSR count). The molecule has 0 aliphatic carbocycles. The van der Waals surface area contributed by atoms with E-state index < -0.39 is 0 Å². The molecule has 0 aliphatic rings. The highest BCUT2D eigenvalue weighted by molar-refractivity contribution is 9.10. The first kappa shape index (κ1) is 22.9. The molecule has 3 nitrogen and oxygen atoms in total. The molecule has 0 amide bonds. The van der Waals surface area contributed by atoms with Gasteiger partial charge in [0, 0.05) is 14.8 Å². The van der Waals surface area contributed by atoms with E-state index in [1.807, 2.05) is 24.3 Å². The van der Waals surface area contributed by atoms with Gasteiger partial charge in [-0.3, -0.25) is 0 Å². The van der Waals surface area contributed by atoms with E-state index in [9.17, 15) is 0 Å². The van der Waals surface area contributed by atoms with Crippen molar-refractivity contribution < 1.29 is 15.3 Å². The summed E-state index contributed by atoms with van der Waals surface area (Å²) in [7, 11) is 0. The molecule has 7 heteroatoms. The second-order valence-electron chi connectivity index (χ2n) is 4.43. The fourth-order valence-corrected chi connectivity index (χ4v) is 2.85. The van der Waals surface area contributed by atoms with E-state index in [1.54, 1.807) is 12.1 Å². The Balaban J connectivity index is 0.000000403. The van der Waals surface area contributed by atoms with Crippen molar-refractivity contribution in [3.8, 4) is 0 Å². The molecule has 0 saturated heterocycles. The molecule has 0 radical (unpaired) electrons. The van der Waals surface area contributed by atoms with Gasteiger partial charge in [0.25, 0.3) is 0 Å². The number of hydrogen-bond acceptors (Lipinski definition) is 3. The van der Waals surface area contributed by atoms with Crippen LogP contribution < -0.4 is 0 Å². The maximum atomic E-state index is 8.89. The topological polar surface area (TPSA) is 60.7 Å². The minimum absolute atomic E-state index is 0. The number of aliphatic hydroxyl groups is 3. The second kappa shape index (κ2) is 12.3. The van der Waals surface area contributed by atoms with Gasteiger partial charge in [-0.2, -0.15) is 0 Å². The molecule has 2 aromatic rings. The Morgan fingerprint density at radius 3 is 1.48 bits per heavy atom. The second-order valence-corrected chi connectivity index (χ2v) is 6.53. The lowest BCUT2D eigenvalue weighted by Crippen LogP contribution is -1.92. The van der Waals surface area contributed by atoms with Crippen LogP contribution in [-0.4, -0.2) is 15.3 Å². The molecule has 0 aromatic heterocycles. The Morgan fingerprint density at radius 2 is 1.09 bits per heavy atom. The standard InChI is InChI=1S/C8H8BrClO.C8H9BrO2.ClH/c2*9-8-2-1-6(4-10)7(3-8)5-11;/h1-3,11H,4-5H2;1-3,10-11H,4-5H2;1H. The quantitative estimate of drug-likeness (QED) is 0.554. The summed E-state index contributed by atoms with van der Waals surface area (Å²) in [6, 6.07) is 11.1. The lowest BCUT2D eigenvalue weighted by molar-refractivity contribution is 0.260. The van der Waals surface area contributed by atoms with Gasteiger partial charge in [-0.25, -0.2) is 0 Å². The maximum Gasteiger partial charge on any atom is 0.0685 e. The van der Waals surface area contributed by atoms with Crippen LogP contribution in [-0.2, 0) is 25.7 Å². The SMILES string of the molecule is Cl.OCc1cc(Br)ccc1CCl.OCc1ccc(Br)cc1CO. The first-order valence-corrected chi connectivity index (χ1v) is 8.60. The van der Waals surface area contributed by atoms with E-state index in [4.69, 9.17) is 26.9 Å². The summed E-state index contributed by atoms with van der Waals surface area (Å²) < 4.78 is 1.88. The number of aliphatic hydroxyl groups excluding tert-OH is 3. The lowest BCUT2D eigenvalue weighted by atomic mass is 10.1. The zero-order valence-corrected chi connectivity index (χ0v) is 16.9. The van der Waals surface area contributed by atoms with Crippen LogP contribution in [0.5, 0.6) is 0 Å². The van der Waals surface area contributed by atoms with E-state index in [1.165, 1.54) is 0 Å². The summed E-state index contributed by atoms with van der Waals surface area (Å²) in [5, 5.41) is 26.6. The molecule has 3 N–H and O–H groups in total. The van der Waals surface area contributed by atoms with Gasteiger partial charge in [0.1, 0.15) is 0 Å². The average molecular weight is 489 g/mol. The predicted molar refractivity (Wildman–Crippen MR) is 103 cm³/mol. The van der Waals surface area contributed by atoms with Gasteiger partial charge in [0.15, 0.2) is 0 Å². The Kier molecular flexibility index (Phi) is 12.2. The average Bonchev–Trinajstić information content (AvgIpc) is 2.55. The molecule has 0 unspecified atom stereocenters. The third kappa shape index (κ3) is 7.52. The highest BCUT2D eigenvalue weighted by Crippen LogP contribution is 2.18. The number of benzene rings is 2. The molecule has 0 spiro atoms. The largest absolute Gasteiger partial charge is 0.392 e. The van der Waals surface area contributed by atoms with Gasteiger partial charge in [0.05, 0.1) is 19.8 Å². The van der Waals surface area contributed by atoms with Gasteiger partial charge in [-0.05, 0) is 46.5 Å². The summed E-state index contributed by atoms with van der Waals surface area (Å²) in [6.07, 6.45) is 0. The van der Waals surface area contributed by atoms with Crippen LogP contribution in [0.2, 0.25) is 0 Å². The van der Waals surface area contributed by atoms with Crippen molar-refractivity contribution in [2.75, 3.05) is 0 Å². The molecule has 0 heterocycles. The summed E-state index contributed by atoms with van der Waals surface area (Å²) >= 11 is 12.2. The van der Waals surface area contributed by atoms with Crippen molar-refractivity contribution in [2.45, 2.75) is 25.7 Å². The van der Waals surface area contributed by atoms with Gasteiger partial charge >= 0.3 is 0 Å². The van der Waals surface area contributed by atoms with Crippen molar-refractivity contribution in [1.82, 2.24) is 0 Å². The molecule has 2 aromatic carbocycles. The molecule has 0 bridgehead atoms. The van der Waals surface area contributed by atoms with Crippen LogP contribution in [0.4, 0.5) is 0 Å². The Labute approximate surface area is 164 Å². The molecule has 128 valence electrons. The molecule has 23 heavy (non-hydrogen) atoms. The van der Waals surface area contributed by atoms with Crippen LogP contribution in [0.25, 0.3) is 0 Å². The monoisotopic (exact) mass is 486 g/mol. The van der Waals surface area contributed by atoms with Crippen molar-refractivity contribution in [1.29, 1.82) is 0 Å². The summed E-state index contributed by atoms with van der Waals surface area (Å²) in [5.74, 6) is 0.448. The number of halogens is 4. The zero-order chi connectivity index (χ0) is 16.5. The molecule has 0 aliphatic heterocycles. The van der Waals surface area contributed by atoms with Crippen LogP contribution >= 0.6 is 55.9 Å². The number of hydrogen-bond donors (Lipinski definition) is 3. The highest BCUT2D eigenvalue weighted by Gasteiger charge is 2.00. The fraction of sp³-hybridized carbons (Fsp3) is 0.250. The van der Waals surface area contributed by atoms with Gasteiger partial charge in [-0.1, -0.05) is 44.0 Å². The predicted octanol–water partition coefficient (Wildman–Crippen LogP) is 4.54. The van der Waals surface area contributed by atoms with Gasteiger partial charge in [0.2, 0.25) is 0 Å². The van der Waals surface area contributed by atoms with E-state index in [-0.39, 0.29) is 32.2 Å². The molecular weight excluding hydrogens is 471 g/mol. The van der Waals surface area contributed by atoms with E-state index in [0.717, 1.165) is 31.2 Å². The minimum atomic E-state index is -0.0324. The normalized spacial score (nSPS) is 9.65. The smallest absolute Gasteiger partial charge is 0.0685 e. The third-order valence-corrected chi connectivity index (χ3v) is 4.27. The van der Waals surface area contributed by atoms with E-state index in [2.05, 4.69) is 31.9 Å². The maximum absolute atomic E-state index is 8.89. The lowest BCUT2D eigenvalue weighted by Gasteiger charge is -2.03. The van der Waals surface area contributed by atoms with Crippen LogP contribution in [0.15, 0.2) is 45.3 Å². The fourth-order valence-electron chi connectivity index (χ4n) is 1.77. The van der Waals surface area contributed by atoms with Gasteiger partial charge < -0.3 is 15.3 Å². The highest BCUT2D eigenvalue weighted by atomic mass is 79.9. The van der Waals surface area contributed by atoms with Crippen LogP contribution in [0.1, 0.15) is 22.3 Å². The third-order valence-electron chi connectivity index (χ3n) is 2.99. The zero-order valence-electron chi connectivity index (χ0n) is 12.2. The summed E-state index contributed by atoms with van der Waals surface area (Å²) in [4.78, 5) is 0.